The first kappa shape index (κ1) is 27.2. The van der Waals surface area contributed by atoms with Gasteiger partial charge in [-0.1, -0.05) is 43.5 Å². The van der Waals surface area contributed by atoms with E-state index in [1.54, 1.807) is 11.2 Å². The summed E-state index contributed by atoms with van der Waals surface area (Å²) in [5, 5.41) is 10.9. The fourth-order valence-corrected chi connectivity index (χ4v) is 5.42. The van der Waals surface area contributed by atoms with Gasteiger partial charge in [0.25, 0.3) is 5.91 Å². The van der Waals surface area contributed by atoms with E-state index in [2.05, 4.69) is 77.4 Å². The van der Waals surface area contributed by atoms with E-state index >= 15 is 0 Å². The number of benzene rings is 1. The molecule has 1 aliphatic carbocycles. The number of rotatable bonds is 7. The number of nitrogens with one attached hydrogen (secondary N) is 1. The van der Waals surface area contributed by atoms with Crippen LogP contribution in [0.3, 0.4) is 0 Å². The van der Waals surface area contributed by atoms with Crippen LogP contribution in [0.25, 0.3) is 11.3 Å². The number of nitrogens with zero attached hydrogens (tertiary/aromatic N) is 7. The third kappa shape index (κ3) is 6.79. The molecule has 0 atom stereocenters. The lowest BCUT2D eigenvalue weighted by Gasteiger charge is -2.34. The minimum Gasteiger partial charge on any atom is -0.304 e. The molecule has 3 aromatic rings. The molecular formula is C29H33BrN8O. The summed E-state index contributed by atoms with van der Waals surface area (Å²) in [7, 11) is 2.17. The SMILES string of the molecule is CN1CCN(Cc2ccc(-c3ccc(C(=O)N(Nc4nc(C#N)ncc4Br)C4CCCCC4)cn3)cc2)CC1. The molecule has 5 rings (SSSR count). The smallest absolute Gasteiger partial charge is 0.274 e. The Balaban J connectivity index is 1.30. The average Bonchev–Trinajstić information content (AvgIpc) is 2.98. The summed E-state index contributed by atoms with van der Waals surface area (Å²) in [5.41, 5.74) is 6.81. The van der Waals surface area contributed by atoms with Gasteiger partial charge in [-0.25, -0.2) is 9.99 Å². The molecule has 1 aliphatic heterocycles. The maximum absolute atomic E-state index is 13.7. The number of nitriles is 1. The van der Waals surface area contributed by atoms with Gasteiger partial charge in [0.05, 0.1) is 21.8 Å². The van der Waals surface area contributed by atoms with Crippen LogP contribution in [0.5, 0.6) is 0 Å². The van der Waals surface area contributed by atoms with Crippen molar-refractivity contribution in [3.8, 4) is 17.3 Å². The first-order chi connectivity index (χ1) is 19.0. The lowest BCUT2D eigenvalue weighted by atomic mass is 9.94. The fraction of sp³-hybridized carbons (Fsp3) is 0.414. The van der Waals surface area contributed by atoms with E-state index in [9.17, 15) is 10.1 Å². The van der Waals surface area contributed by atoms with Gasteiger partial charge in [0, 0.05) is 50.7 Å². The van der Waals surface area contributed by atoms with Crippen molar-refractivity contribution >= 4 is 27.7 Å². The van der Waals surface area contributed by atoms with E-state index in [1.807, 2.05) is 18.2 Å². The molecule has 0 unspecified atom stereocenters. The number of likely N-dealkylation sites (N-methyl/N-ethyl adjacent to an activating group) is 1. The number of halogens is 1. The highest BCUT2D eigenvalue weighted by Gasteiger charge is 2.28. The first-order valence-electron chi connectivity index (χ1n) is 13.5. The predicted molar refractivity (Wildman–Crippen MR) is 154 cm³/mol. The van der Waals surface area contributed by atoms with Crippen molar-refractivity contribution in [1.82, 2.24) is 29.8 Å². The molecule has 202 valence electrons. The van der Waals surface area contributed by atoms with Crippen molar-refractivity contribution in [1.29, 1.82) is 5.26 Å². The Kier molecular flexibility index (Phi) is 8.81. The van der Waals surface area contributed by atoms with Gasteiger partial charge in [-0.2, -0.15) is 10.2 Å². The number of carbonyl (C=O) groups is 1. The summed E-state index contributed by atoms with van der Waals surface area (Å²) in [6.45, 7) is 5.36. The number of hydrazine groups is 1. The zero-order chi connectivity index (χ0) is 27.2. The number of piperazine rings is 1. The lowest BCUT2D eigenvalue weighted by molar-refractivity contribution is 0.0691. The molecule has 0 spiro atoms. The van der Waals surface area contributed by atoms with Crippen molar-refractivity contribution < 1.29 is 4.79 Å². The molecule has 9 nitrogen and oxygen atoms in total. The molecular weight excluding hydrogens is 556 g/mol. The standard InChI is InChI=1S/C29H33BrN8O/c1-36-13-15-37(16-14-36)20-21-7-9-22(10-8-21)26-12-11-23(18-32-26)29(39)38(24-5-3-2-4-6-24)35-28-25(30)19-33-27(17-31)34-28/h7-12,18-19,24H,2-6,13-16,20H2,1H3,(H,33,34,35). The Morgan fingerprint density at radius 1 is 1.05 bits per heavy atom. The number of aromatic nitrogens is 3. The van der Waals surface area contributed by atoms with E-state index in [-0.39, 0.29) is 17.8 Å². The Morgan fingerprint density at radius 2 is 1.79 bits per heavy atom. The van der Waals surface area contributed by atoms with Gasteiger partial charge >= 0.3 is 0 Å². The third-order valence-electron chi connectivity index (χ3n) is 7.49. The van der Waals surface area contributed by atoms with Crippen molar-refractivity contribution in [3.05, 3.63) is 70.2 Å². The summed E-state index contributed by atoms with van der Waals surface area (Å²) in [5.74, 6) is 0.256. The molecule has 3 heterocycles. The second kappa shape index (κ2) is 12.6. The quantitative estimate of drug-likeness (QED) is 0.395. The number of carbonyl (C=O) groups excluding carboxylic acids is 1. The second-order valence-corrected chi connectivity index (χ2v) is 11.1. The zero-order valence-corrected chi connectivity index (χ0v) is 23.8. The van der Waals surface area contributed by atoms with E-state index in [0.717, 1.165) is 69.7 Å². The molecule has 10 heteroatoms. The molecule has 1 N–H and O–H groups in total. The van der Waals surface area contributed by atoms with E-state index in [1.165, 1.54) is 18.2 Å². The summed E-state index contributed by atoms with van der Waals surface area (Å²) in [6, 6.07) is 14.2. The number of pyridine rings is 1. The number of hydrogen-bond donors (Lipinski definition) is 1. The molecule has 2 fully saturated rings. The molecule has 1 saturated heterocycles. The predicted octanol–water partition coefficient (Wildman–Crippen LogP) is 4.72. The Hall–Kier alpha value is -3.39. The van der Waals surface area contributed by atoms with Gasteiger partial charge in [0.2, 0.25) is 5.82 Å². The van der Waals surface area contributed by atoms with Crippen LogP contribution in [0.4, 0.5) is 5.82 Å². The minimum absolute atomic E-state index is 0.0196. The number of anilines is 1. The summed E-state index contributed by atoms with van der Waals surface area (Å²) in [4.78, 5) is 31.4. The molecule has 1 aromatic carbocycles. The van der Waals surface area contributed by atoms with Crippen LogP contribution >= 0.6 is 15.9 Å². The van der Waals surface area contributed by atoms with Crippen LogP contribution in [-0.2, 0) is 6.54 Å². The summed E-state index contributed by atoms with van der Waals surface area (Å²) < 4.78 is 0.583. The van der Waals surface area contributed by atoms with Crippen molar-refractivity contribution in [3.63, 3.8) is 0 Å². The first-order valence-corrected chi connectivity index (χ1v) is 14.3. The van der Waals surface area contributed by atoms with Crippen molar-refractivity contribution in [2.75, 3.05) is 38.7 Å². The molecule has 39 heavy (non-hydrogen) atoms. The lowest BCUT2D eigenvalue weighted by Crippen LogP contribution is -2.45. The van der Waals surface area contributed by atoms with E-state index in [4.69, 9.17) is 0 Å². The van der Waals surface area contributed by atoms with Crippen LogP contribution < -0.4 is 5.43 Å². The van der Waals surface area contributed by atoms with E-state index in [0.29, 0.717) is 15.9 Å². The minimum atomic E-state index is -0.174. The van der Waals surface area contributed by atoms with Gasteiger partial charge in [0.15, 0.2) is 5.82 Å². The van der Waals surface area contributed by atoms with Gasteiger partial charge < -0.3 is 4.90 Å². The van der Waals surface area contributed by atoms with Crippen LogP contribution in [0.2, 0.25) is 0 Å². The number of amides is 1. The fourth-order valence-electron chi connectivity index (χ4n) is 5.14. The Morgan fingerprint density at radius 3 is 2.46 bits per heavy atom. The maximum Gasteiger partial charge on any atom is 0.274 e. The van der Waals surface area contributed by atoms with Crippen LogP contribution in [0.1, 0.15) is 53.8 Å². The maximum atomic E-state index is 13.7. The van der Waals surface area contributed by atoms with Crippen LogP contribution in [0, 0.1) is 11.3 Å². The van der Waals surface area contributed by atoms with Crippen molar-refractivity contribution in [2.24, 2.45) is 0 Å². The molecule has 1 saturated carbocycles. The normalized spacial score (nSPS) is 16.9. The van der Waals surface area contributed by atoms with E-state index < -0.39 is 0 Å². The van der Waals surface area contributed by atoms with Gasteiger partial charge in [-0.15, -0.1) is 0 Å². The topological polar surface area (TPSA) is 101 Å². The Bertz CT molecular complexity index is 1310. The average molecular weight is 590 g/mol. The highest BCUT2D eigenvalue weighted by Crippen LogP contribution is 2.27. The molecule has 0 radical (unpaired) electrons. The van der Waals surface area contributed by atoms with Gasteiger partial charge in [-0.05, 0) is 53.5 Å². The van der Waals surface area contributed by atoms with Crippen molar-refractivity contribution in [2.45, 2.75) is 44.7 Å². The summed E-state index contributed by atoms with van der Waals surface area (Å²) in [6.07, 6.45) is 8.25. The molecule has 2 aliphatic rings. The highest BCUT2D eigenvalue weighted by molar-refractivity contribution is 9.10. The van der Waals surface area contributed by atoms with Crippen LogP contribution in [0.15, 0.2) is 53.3 Å². The largest absolute Gasteiger partial charge is 0.304 e. The number of hydrogen-bond acceptors (Lipinski definition) is 8. The monoisotopic (exact) mass is 588 g/mol. The van der Waals surface area contributed by atoms with Gasteiger partial charge in [0.1, 0.15) is 6.07 Å². The highest BCUT2D eigenvalue weighted by atomic mass is 79.9. The third-order valence-corrected chi connectivity index (χ3v) is 8.07. The zero-order valence-electron chi connectivity index (χ0n) is 22.2. The van der Waals surface area contributed by atoms with Crippen LogP contribution in [-0.4, -0.2) is 74.9 Å². The molecule has 1 amide bonds. The Labute approximate surface area is 238 Å². The summed E-state index contributed by atoms with van der Waals surface area (Å²) >= 11 is 3.44. The molecule has 0 bridgehead atoms. The molecule has 2 aromatic heterocycles. The van der Waals surface area contributed by atoms with Gasteiger partial charge in [-0.3, -0.25) is 20.1 Å². The second-order valence-electron chi connectivity index (χ2n) is 10.3.